The Kier molecular flexibility index (Phi) is 16.2. The minimum Gasteiger partial charge on any atom is -0.481 e. The molecule has 4 rings (SSSR count). The van der Waals surface area contributed by atoms with Crippen molar-refractivity contribution in [1.29, 1.82) is 0 Å². The summed E-state index contributed by atoms with van der Waals surface area (Å²) in [5, 5.41) is 22.9. The molecular formula is C34H47N11O9S2. The predicted molar refractivity (Wildman–Crippen MR) is 208 cm³/mol. The number of hydrogen-bond donors (Lipinski definition) is 10. The molecule has 7 amide bonds. The van der Waals surface area contributed by atoms with Crippen LogP contribution in [0.25, 0.3) is 10.9 Å². The third-order valence-electron chi connectivity index (χ3n) is 9.00. The molecule has 20 nitrogen and oxygen atoms in total. The van der Waals surface area contributed by atoms with Crippen molar-refractivity contribution >= 4 is 85.8 Å². The van der Waals surface area contributed by atoms with Gasteiger partial charge in [-0.1, -0.05) is 39.8 Å². The number of primary amides is 1. The van der Waals surface area contributed by atoms with Gasteiger partial charge in [0.1, 0.15) is 30.2 Å². The number of aromatic nitrogens is 1. The van der Waals surface area contributed by atoms with Crippen molar-refractivity contribution in [3.8, 4) is 0 Å². The predicted octanol–water partition coefficient (Wildman–Crippen LogP) is -1.92. The molecule has 56 heavy (non-hydrogen) atoms. The fourth-order valence-corrected chi connectivity index (χ4v) is 8.38. The maximum absolute atomic E-state index is 14.4. The minimum absolute atomic E-state index is 0.0216. The number of guanidine groups is 1. The number of H-pyrrole nitrogens is 1. The van der Waals surface area contributed by atoms with Gasteiger partial charge in [0, 0.05) is 53.7 Å². The first kappa shape index (κ1) is 43.2. The quantitative estimate of drug-likeness (QED) is 0.0572. The highest BCUT2D eigenvalue weighted by Gasteiger charge is 2.41. The number of carbonyl (C=O) groups excluding carboxylic acids is 7. The molecule has 22 heteroatoms. The van der Waals surface area contributed by atoms with Gasteiger partial charge < -0.3 is 58.8 Å². The van der Waals surface area contributed by atoms with Crippen LogP contribution in [0.3, 0.4) is 0 Å². The highest BCUT2D eigenvalue weighted by atomic mass is 33.1. The number of nitrogens with two attached hydrogens (primary N) is 3. The summed E-state index contributed by atoms with van der Waals surface area (Å²) in [6, 6.07) is 0.576. The molecule has 0 aliphatic carbocycles. The average Bonchev–Trinajstić information content (AvgIpc) is 3.81. The molecule has 0 radical (unpaired) electrons. The number of nitrogens with one attached hydrogen (secondary N) is 6. The van der Waals surface area contributed by atoms with Gasteiger partial charge in [0.25, 0.3) is 5.91 Å². The van der Waals surface area contributed by atoms with E-state index in [2.05, 4.69) is 36.6 Å². The van der Waals surface area contributed by atoms with Gasteiger partial charge in [-0.3, -0.25) is 43.3 Å². The Balaban J connectivity index is 1.64. The lowest BCUT2D eigenvalue weighted by molar-refractivity contribution is -0.143. The van der Waals surface area contributed by atoms with E-state index in [9.17, 15) is 43.5 Å². The van der Waals surface area contributed by atoms with Crippen molar-refractivity contribution in [3.05, 3.63) is 36.0 Å². The number of aliphatic imine (C=N–C) groups is 1. The molecule has 5 atom stereocenters. The summed E-state index contributed by atoms with van der Waals surface area (Å²) >= 11 is 0. The molecule has 2 fully saturated rings. The summed E-state index contributed by atoms with van der Waals surface area (Å²) in [5.74, 6) is -6.47. The second kappa shape index (κ2) is 21.0. The first-order chi connectivity index (χ1) is 26.7. The number of carbonyl (C=O) groups is 8. The summed E-state index contributed by atoms with van der Waals surface area (Å²) in [4.78, 5) is 114. The molecule has 2 aliphatic rings. The van der Waals surface area contributed by atoms with Crippen LogP contribution in [0.2, 0.25) is 0 Å². The minimum atomic E-state index is -1.70. The summed E-state index contributed by atoms with van der Waals surface area (Å²) in [7, 11) is 2.44. The lowest BCUT2D eigenvalue weighted by atomic mass is 10.0. The van der Waals surface area contributed by atoms with E-state index in [1.54, 1.807) is 24.3 Å². The van der Waals surface area contributed by atoms with Crippen molar-refractivity contribution in [2.75, 3.05) is 31.1 Å². The number of carboxylic acid groups (broad SMARTS) is 1. The molecule has 0 saturated carbocycles. The van der Waals surface area contributed by atoms with Crippen molar-refractivity contribution in [2.24, 2.45) is 22.2 Å². The molecule has 304 valence electrons. The van der Waals surface area contributed by atoms with E-state index in [0.717, 1.165) is 0 Å². The molecule has 2 aliphatic heterocycles. The van der Waals surface area contributed by atoms with E-state index in [1.807, 2.05) is 0 Å². The monoisotopic (exact) mass is 817 g/mol. The SMILES string of the molecule is NC(=O)C1CSSCCC(=O)N[C@@H](CCCCN=C(N)N)C(=O)NCC(=O)N[C@@H](CC(=O)O)C(=O)N[C@H](c2c[nH]c3ccccc23)C(=O)N2CCC[C@H]2C(=O)N1. The van der Waals surface area contributed by atoms with Crippen molar-refractivity contribution in [3.63, 3.8) is 0 Å². The van der Waals surface area contributed by atoms with Crippen LogP contribution in [0.15, 0.2) is 35.5 Å². The van der Waals surface area contributed by atoms with E-state index in [-0.39, 0.29) is 49.8 Å². The molecule has 3 heterocycles. The lowest BCUT2D eigenvalue weighted by Gasteiger charge is -2.30. The van der Waals surface area contributed by atoms with Crippen molar-refractivity contribution in [2.45, 2.75) is 75.2 Å². The standard InChI is InChI=1S/C34H47N11O9S2/c35-29(50)23-17-56-55-13-10-25(46)41-21(8-3-4-11-38-34(36)37)30(51)40-16-26(47)42-22(14-27(48)49)31(52)44-28(19-15-39-20-7-2-1-6-18(19)20)33(54)45-12-5-9-24(45)32(53)43-23/h1-2,6-7,15,21-24,28,39H,3-5,8-14,16-17H2,(H2,35,50)(H,40,51)(H,41,46)(H,42,47)(H,43,53)(H,44,52)(H,48,49)(H4,36,37,38)/t21-,22-,23?,24-,28+/m0/s1. The number of hydrogen-bond acceptors (Lipinski definition) is 11. The summed E-state index contributed by atoms with van der Waals surface area (Å²) in [5.41, 5.74) is 17.3. The fraction of sp³-hybridized carbons (Fsp3) is 0.500. The average molecular weight is 818 g/mol. The molecule has 1 aromatic carbocycles. The second-order valence-electron chi connectivity index (χ2n) is 13.1. The first-order valence-electron chi connectivity index (χ1n) is 17.9. The Morgan fingerprint density at radius 3 is 2.38 bits per heavy atom. The molecule has 1 aromatic heterocycles. The van der Waals surface area contributed by atoms with E-state index in [0.29, 0.717) is 35.7 Å². The largest absolute Gasteiger partial charge is 0.481 e. The van der Waals surface area contributed by atoms with Crippen LogP contribution in [0.4, 0.5) is 0 Å². The second-order valence-corrected chi connectivity index (χ2v) is 15.7. The van der Waals surface area contributed by atoms with Gasteiger partial charge in [-0.05, 0) is 38.2 Å². The van der Waals surface area contributed by atoms with Crippen LogP contribution in [0.5, 0.6) is 0 Å². The van der Waals surface area contributed by atoms with Gasteiger partial charge >= 0.3 is 5.97 Å². The maximum atomic E-state index is 14.4. The summed E-state index contributed by atoms with van der Waals surface area (Å²) in [6.45, 7) is -0.260. The number of aromatic amines is 1. The molecule has 13 N–H and O–H groups in total. The fourth-order valence-electron chi connectivity index (χ4n) is 6.21. The van der Waals surface area contributed by atoms with Gasteiger partial charge in [-0.15, -0.1) is 0 Å². The van der Waals surface area contributed by atoms with Gasteiger partial charge in [-0.25, -0.2) is 0 Å². The first-order valence-corrected chi connectivity index (χ1v) is 20.4. The molecular weight excluding hydrogens is 771 g/mol. The molecule has 1 unspecified atom stereocenters. The zero-order valence-electron chi connectivity index (χ0n) is 30.4. The highest BCUT2D eigenvalue weighted by Crippen LogP contribution is 2.29. The Hall–Kier alpha value is -5.51. The number of rotatable bonds is 9. The van der Waals surface area contributed by atoms with Crippen molar-refractivity contribution < 1.29 is 43.5 Å². The zero-order valence-corrected chi connectivity index (χ0v) is 32.0. The topological polar surface area (TPSA) is 326 Å². The summed E-state index contributed by atoms with van der Waals surface area (Å²) in [6.07, 6.45) is 2.34. The number of carboxylic acids is 1. The van der Waals surface area contributed by atoms with E-state index in [4.69, 9.17) is 17.2 Å². The van der Waals surface area contributed by atoms with E-state index >= 15 is 0 Å². The van der Waals surface area contributed by atoms with Crippen molar-refractivity contribution in [1.82, 2.24) is 36.5 Å². The molecule has 0 spiro atoms. The number of para-hydroxylation sites is 1. The third-order valence-corrected chi connectivity index (χ3v) is 11.4. The highest BCUT2D eigenvalue weighted by molar-refractivity contribution is 8.76. The molecule has 2 aromatic rings. The number of aliphatic carboxylic acids is 1. The molecule has 2 saturated heterocycles. The Morgan fingerprint density at radius 2 is 1.64 bits per heavy atom. The maximum Gasteiger partial charge on any atom is 0.305 e. The van der Waals surface area contributed by atoms with Crippen LogP contribution in [-0.4, -0.2) is 124 Å². The van der Waals surface area contributed by atoms with Crippen LogP contribution < -0.4 is 43.8 Å². The van der Waals surface area contributed by atoms with E-state index in [1.165, 1.54) is 32.7 Å². The molecule has 0 bridgehead atoms. The van der Waals surface area contributed by atoms with E-state index < -0.39 is 90.5 Å². The van der Waals surface area contributed by atoms with Crippen LogP contribution in [-0.2, 0) is 38.4 Å². The normalized spacial score (nSPS) is 23.9. The summed E-state index contributed by atoms with van der Waals surface area (Å²) < 4.78 is 0. The number of fused-ring (bicyclic) bond motifs is 2. The van der Waals surface area contributed by atoms with Crippen LogP contribution in [0.1, 0.15) is 56.6 Å². The number of nitrogens with zero attached hydrogens (tertiary/aromatic N) is 2. The number of amides is 7. The zero-order chi connectivity index (χ0) is 40.8. The van der Waals surface area contributed by atoms with Gasteiger partial charge in [-0.2, -0.15) is 0 Å². The Labute approximate surface area is 329 Å². The number of unbranched alkanes of at least 4 members (excludes halogenated alkanes) is 1. The van der Waals surface area contributed by atoms with Crippen LogP contribution >= 0.6 is 21.6 Å². The lowest BCUT2D eigenvalue weighted by Crippen LogP contribution is -2.56. The van der Waals surface area contributed by atoms with Gasteiger partial charge in [0.2, 0.25) is 35.4 Å². The van der Waals surface area contributed by atoms with Gasteiger partial charge in [0.05, 0.1) is 13.0 Å². The van der Waals surface area contributed by atoms with Gasteiger partial charge in [0.15, 0.2) is 5.96 Å². The van der Waals surface area contributed by atoms with Crippen LogP contribution in [0, 0.1) is 0 Å². The number of benzene rings is 1. The smallest absolute Gasteiger partial charge is 0.305 e. The Morgan fingerprint density at radius 1 is 0.893 bits per heavy atom. The third kappa shape index (κ3) is 12.5. The Bertz CT molecular complexity index is 1820.